The van der Waals surface area contributed by atoms with Gasteiger partial charge in [-0.1, -0.05) is 68.8 Å². The minimum absolute atomic E-state index is 0.00439. The van der Waals surface area contributed by atoms with Gasteiger partial charge in [-0.3, -0.25) is 4.79 Å². The molecule has 2 fully saturated rings. The van der Waals surface area contributed by atoms with Crippen molar-refractivity contribution in [3.05, 3.63) is 59.7 Å². The highest BCUT2D eigenvalue weighted by molar-refractivity contribution is 5.94. The van der Waals surface area contributed by atoms with Gasteiger partial charge in [-0.05, 0) is 53.4 Å². The Balaban J connectivity index is 1.30. The van der Waals surface area contributed by atoms with E-state index < -0.39 is 23.6 Å². The molecule has 2 aromatic rings. The number of aliphatic carboxylic acids is 1. The molecule has 7 nitrogen and oxygen atoms in total. The summed E-state index contributed by atoms with van der Waals surface area (Å²) in [6.45, 7) is 4.41. The number of carbonyl (C=O) groups excluding carboxylic acids is 2. The highest BCUT2D eigenvalue weighted by atomic mass is 16.5. The van der Waals surface area contributed by atoms with Crippen molar-refractivity contribution in [3.8, 4) is 11.1 Å². The molecule has 1 aliphatic heterocycles. The molecule has 0 radical (unpaired) electrons. The van der Waals surface area contributed by atoms with E-state index in [0.717, 1.165) is 35.1 Å². The fraction of sp³-hybridized carbons (Fsp3) is 0.464. The molecule has 5 rings (SSSR count). The van der Waals surface area contributed by atoms with E-state index in [2.05, 4.69) is 29.6 Å². The largest absolute Gasteiger partial charge is 0.479 e. The number of alkyl carbamates (subject to hydrolysis) is 1. The number of carboxylic acids is 1. The molecule has 2 amide bonds. The summed E-state index contributed by atoms with van der Waals surface area (Å²) in [6.07, 6.45) is 2.11. The summed E-state index contributed by atoms with van der Waals surface area (Å²) in [4.78, 5) is 40.1. The number of nitrogens with zero attached hydrogens (tertiary/aromatic N) is 1. The van der Waals surface area contributed by atoms with Crippen molar-refractivity contribution in [3.63, 3.8) is 0 Å². The minimum atomic E-state index is -1.11. The molecule has 184 valence electrons. The first-order valence-corrected chi connectivity index (χ1v) is 12.5. The summed E-state index contributed by atoms with van der Waals surface area (Å²) in [6, 6.07) is 15.4. The first-order chi connectivity index (χ1) is 16.9. The second-order valence-electron chi connectivity index (χ2n) is 10.1. The van der Waals surface area contributed by atoms with Crippen LogP contribution < -0.4 is 5.32 Å². The van der Waals surface area contributed by atoms with Gasteiger partial charge in [0.2, 0.25) is 5.91 Å². The Bertz CT molecular complexity index is 1120. The number of nitrogens with one attached hydrogen (secondary N) is 1. The lowest BCUT2D eigenvalue weighted by molar-refractivity contribution is -0.156. The Kier molecular flexibility index (Phi) is 6.03. The summed E-state index contributed by atoms with van der Waals surface area (Å²) >= 11 is 0. The number of carboxylic acid groups (broad SMARTS) is 1. The van der Waals surface area contributed by atoms with Crippen molar-refractivity contribution in [1.29, 1.82) is 0 Å². The van der Waals surface area contributed by atoms with Crippen molar-refractivity contribution in [2.24, 2.45) is 11.8 Å². The zero-order chi connectivity index (χ0) is 24.7. The summed E-state index contributed by atoms with van der Waals surface area (Å²) in [7, 11) is 0. The first-order valence-electron chi connectivity index (χ1n) is 12.5. The van der Waals surface area contributed by atoms with Gasteiger partial charge in [-0.25, -0.2) is 9.59 Å². The molecule has 1 saturated heterocycles. The van der Waals surface area contributed by atoms with E-state index in [4.69, 9.17) is 4.74 Å². The Labute approximate surface area is 205 Å². The third-order valence-corrected chi connectivity index (χ3v) is 8.22. The predicted molar refractivity (Wildman–Crippen MR) is 131 cm³/mol. The van der Waals surface area contributed by atoms with Gasteiger partial charge in [0.1, 0.15) is 18.2 Å². The van der Waals surface area contributed by atoms with E-state index in [9.17, 15) is 19.5 Å². The second-order valence-corrected chi connectivity index (χ2v) is 10.1. The lowest BCUT2D eigenvalue weighted by atomic mass is 9.94. The maximum absolute atomic E-state index is 13.6. The Morgan fingerprint density at radius 3 is 2.34 bits per heavy atom. The number of carbonyl (C=O) groups is 3. The molecule has 3 aliphatic rings. The number of likely N-dealkylation sites (tertiary alicyclic amines) is 1. The smallest absolute Gasteiger partial charge is 0.407 e. The Hall–Kier alpha value is -3.35. The van der Waals surface area contributed by atoms with Crippen LogP contribution in [0.2, 0.25) is 0 Å². The quantitative estimate of drug-likeness (QED) is 0.617. The molecule has 1 heterocycles. The van der Waals surface area contributed by atoms with E-state index in [1.165, 1.54) is 4.90 Å². The molecule has 0 spiro atoms. The highest BCUT2D eigenvalue weighted by Gasteiger charge is 2.67. The van der Waals surface area contributed by atoms with Gasteiger partial charge in [0, 0.05) is 12.5 Å². The molecule has 1 saturated carbocycles. The molecule has 0 bridgehead atoms. The number of piperidine rings is 1. The Morgan fingerprint density at radius 1 is 1.11 bits per heavy atom. The van der Waals surface area contributed by atoms with E-state index in [-0.39, 0.29) is 30.3 Å². The molecular formula is C28H32N2O5. The molecule has 2 aliphatic carbocycles. The molecule has 2 aromatic carbocycles. The lowest BCUT2D eigenvalue weighted by Crippen LogP contribution is -2.59. The topological polar surface area (TPSA) is 95.9 Å². The van der Waals surface area contributed by atoms with Crippen molar-refractivity contribution in [2.75, 3.05) is 13.2 Å². The van der Waals surface area contributed by atoms with Crippen molar-refractivity contribution in [1.82, 2.24) is 10.2 Å². The highest BCUT2D eigenvalue weighted by Crippen LogP contribution is 2.54. The van der Waals surface area contributed by atoms with E-state index in [1.807, 2.05) is 38.1 Å². The second kappa shape index (κ2) is 9.02. The SMILES string of the molecule is CCC(C)[C@H](NC(=O)OCC1c2ccccc2-c2ccccc21)C(=O)N1CCCC2CC21C(=O)O. The van der Waals surface area contributed by atoms with Gasteiger partial charge >= 0.3 is 12.1 Å². The molecule has 3 unspecified atom stereocenters. The number of ether oxygens (including phenoxy) is 1. The molecule has 0 aromatic heterocycles. The number of hydrogen-bond acceptors (Lipinski definition) is 4. The van der Waals surface area contributed by atoms with Crippen LogP contribution in [0.15, 0.2) is 48.5 Å². The van der Waals surface area contributed by atoms with Crippen LogP contribution in [0.3, 0.4) is 0 Å². The van der Waals surface area contributed by atoms with Gasteiger partial charge in [0.15, 0.2) is 0 Å². The standard InChI is InChI=1S/C28H32N2O5/c1-3-17(2)24(25(31)30-14-8-9-18-15-28(18,30)26(32)33)29-27(34)35-16-23-21-12-6-4-10-19(21)20-11-5-7-13-22(20)23/h4-7,10-13,17-18,23-24H,3,8-9,14-16H2,1-2H3,(H,29,34)(H,32,33)/t17?,18?,24-,28?/m0/s1. The maximum Gasteiger partial charge on any atom is 0.407 e. The van der Waals surface area contributed by atoms with Crippen LogP contribution in [0.1, 0.15) is 56.6 Å². The van der Waals surface area contributed by atoms with Crippen molar-refractivity contribution in [2.45, 2.75) is 57.0 Å². The molecular weight excluding hydrogens is 444 g/mol. The third kappa shape index (κ3) is 3.87. The summed E-state index contributed by atoms with van der Waals surface area (Å²) in [5.41, 5.74) is 3.42. The number of hydrogen-bond donors (Lipinski definition) is 2. The zero-order valence-electron chi connectivity index (χ0n) is 20.2. The van der Waals surface area contributed by atoms with Gasteiger partial charge in [0.05, 0.1) is 0 Å². The van der Waals surface area contributed by atoms with Crippen LogP contribution in [0.5, 0.6) is 0 Å². The minimum Gasteiger partial charge on any atom is -0.479 e. The van der Waals surface area contributed by atoms with Crippen LogP contribution >= 0.6 is 0 Å². The van der Waals surface area contributed by atoms with E-state index >= 15 is 0 Å². The molecule has 4 atom stereocenters. The monoisotopic (exact) mass is 476 g/mol. The summed E-state index contributed by atoms with van der Waals surface area (Å²) in [5.74, 6) is -1.50. The van der Waals surface area contributed by atoms with E-state index in [1.54, 1.807) is 0 Å². The van der Waals surface area contributed by atoms with Gasteiger partial charge in [-0.15, -0.1) is 0 Å². The number of fused-ring (bicyclic) bond motifs is 4. The average Bonchev–Trinajstić information content (AvgIpc) is 3.56. The molecule has 35 heavy (non-hydrogen) atoms. The summed E-state index contributed by atoms with van der Waals surface area (Å²) in [5, 5.41) is 12.7. The van der Waals surface area contributed by atoms with E-state index in [0.29, 0.717) is 19.4 Å². The molecule has 7 heteroatoms. The van der Waals surface area contributed by atoms with Gasteiger partial charge in [0.25, 0.3) is 0 Å². The van der Waals surface area contributed by atoms with Crippen molar-refractivity contribution < 1.29 is 24.2 Å². The zero-order valence-corrected chi connectivity index (χ0v) is 20.2. The van der Waals surface area contributed by atoms with Crippen LogP contribution in [0, 0.1) is 11.8 Å². The Morgan fingerprint density at radius 2 is 1.74 bits per heavy atom. The van der Waals surface area contributed by atoms with Gasteiger partial charge in [-0.2, -0.15) is 0 Å². The van der Waals surface area contributed by atoms with Crippen LogP contribution in [0.25, 0.3) is 11.1 Å². The predicted octanol–water partition coefficient (Wildman–Crippen LogP) is 4.41. The van der Waals surface area contributed by atoms with Crippen molar-refractivity contribution >= 4 is 18.0 Å². The fourth-order valence-electron chi connectivity index (χ4n) is 5.99. The third-order valence-electron chi connectivity index (χ3n) is 8.22. The van der Waals surface area contributed by atoms with Crippen LogP contribution in [-0.4, -0.2) is 52.7 Å². The maximum atomic E-state index is 13.6. The molecule has 2 N–H and O–H groups in total. The lowest BCUT2D eigenvalue weighted by Gasteiger charge is -2.37. The number of amides is 2. The van der Waals surface area contributed by atoms with Gasteiger partial charge < -0.3 is 20.1 Å². The normalized spacial score (nSPS) is 23.9. The first kappa shape index (κ1) is 23.4. The van der Waals surface area contributed by atoms with Crippen LogP contribution in [-0.2, 0) is 14.3 Å². The number of rotatable bonds is 7. The van der Waals surface area contributed by atoms with Crippen LogP contribution in [0.4, 0.5) is 4.79 Å². The summed E-state index contributed by atoms with van der Waals surface area (Å²) < 4.78 is 5.68. The number of benzene rings is 2. The fourth-order valence-corrected chi connectivity index (χ4v) is 5.99. The average molecular weight is 477 g/mol.